The van der Waals surface area contributed by atoms with Crippen molar-refractivity contribution in [2.75, 3.05) is 36.3 Å². The summed E-state index contributed by atoms with van der Waals surface area (Å²) in [5.41, 5.74) is -1.13. The van der Waals surface area contributed by atoms with Crippen LogP contribution >= 0.6 is 11.3 Å². The Balaban J connectivity index is 1.58. The first-order valence-corrected chi connectivity index (χ1v) is 12.7. The molecule has 3 aromatic rings. The molecule has 14 heteroatoms. The molecule has 0 aliphatic heterocycles. The maximum absolute atomic E-state index is 14.8. The lowest BCUT2D eigenvalue weighted by Crippen LogP contribution is -2.23. The Morgan fingerprint density at radius 3 is 2.35 bits per heavy atom. The number of nitrogens with zero attached hydrogens (tertiary/aromatic N) is 1. The lowest BCUT2D eigenvalue weighted by atomic mass is 10.1. The smallest absolute Gasteiger partial charge is 0.346 e. The number of anilines is 3. The molecule has 2 aromatic carbocycles. The molecule has 0 unspecified atom stereocenters. The first-order chi connectivity index (χ1) is 19.0. The summed E-state index contributed by atoms with van der Waals surface area (Å²) < 4.78 is 54.7. The van der Waals surface area contributed by atoms with Gasteiger partial charge in [0.1, 0.15) is 21.9 Å². The minimum Gasteiger partial charge on any atom is -0.494 e. The monoisotopic (exact) mass is 579 g/mol. The summed E-state index contributed by atoms with van der Waals surface area (Å²) in [6, 6.07) is 3.44. The van der Waals surface area contributed by atoms with Gasteiger partial charge in [-0.25, -0.2) is 27.6 Å². The molecule has 1 saturated carbocycles. The van der Waals surface area contributed by atoms with Crippen LogP contribution in [0.5, 0.6) is 11.5 Å². The van der Waals surface area contributed by atoms with Gasteiger partial charge in [-0.2, -0.15) is 0 Å². The summed E-state index contributed by atoms with van der Waals surface area (Å²) in [6.45, 7) is 0.165. The molecular weight excluding hydrogens is 555 g/mol. The number of hydrogen-bond acceptors (Lipinski definition) is 7. The number of aromatic carboxylic acids is 2. The fourth-order valence-corrected chi connectivity index (χ4v) is 4.70. The van der Waals surface area contributed by atoms with Crippen LogP contribution in [0, 0.1) is 23.4 Å². The van der Waals surface area contributed by atoms with Crippen LogP contribution < -0.4 is 25.0 Å². The fraction of sp³-hybridized carbons (Fsp3) is 0.269. The van der Waals surface area contributed by atoms with E-state index in [1.165, 1.54) is 31.2 Å². The summed E-state index contributed by atoms with van der Waals surface area (Å²) in [6.07, 6.45) is 2.00. The number of carbonyl (C=O) groups excluding carboxylic acids is 1. The van der Waals surface area contributed by atoms with Crippen LogP contribution in [0.15, 0.2) is 29.6 Å². The molecule has 0 spiro atoms. The highest BCUT2D eigenvalue weighted by Crippen LogP contribution is 2.37. The molecule has 0 atom stereocenters. The van der Waals surface area contributed by atoms with Crippen LogP contribution in [0.4, 0.5) is 35.0 Å². The van der Waals surface area contributed by atoms with Gasteiger partial charge in [0.05, 0.1) is 36.3 Å². The Labute approximate surface area is 229 Å². The quantitative estimate of drug-likeness (QED) is 0.229. The number of amides is 2. The fourth-order valence-electron chi connectivity index (χ4n) is 3.87. The molecule has 0 bridgehead atoms. The Morgan fingerprint density at radius 2 is 1.73 bits per heavy atom. The van der Waals surface area contributed by atoms with Gasteiger partial charge < -0.3 is 35.2 Å². The van der Waals surface area contributed by atoms with Gasteiger partial charge in [-0.05, 0) is 37.0 Å². The van der Waals surface area contributed by atoms with Crippen LogP contribution in [0.1, 0.15) is 38.4 Å². The van der Waals surface area contributed by atoms with Crippen molar-refractivity contribution in [1.29, 1.82) is 0 Å². The molecule has 1 heterocycles. The topological polar surface area (TPSA) is 137 Å². The highest BCUT2D eigenvalue weighted by Gasteiger charge is 2.26. The molecule has 2 amide bonds. The average Bonchev–Trinajstić information content (AvgIpc) is 3.63. The first-order valence-electron chi connectivity index (χ1n) is 11.8. The van der Waals surface area contributed by atoms with E-state index in [0.29, 0.717) is 23.9 Å². The molecule has 0 radical (unpaired) electrons. The summed E-state index contributed by atoms with van der Waals surface area (Å²) in [5, 5.41) is 24.1. The van der Waals surface area contributed by atoms with Crippen molar-refractivity contribution in [3.05, 3.63) is 63.1 Å². The predicted octanol–water partition coefficient (Wildman–Crippen LogP) is 5.64. The molecule has 4 rings (SSSR count). The molecule has 10 nitrogen and oxygen atoms in total. The molecule has 212 valence electrons. The summed E-state index contributed by atoms with van der Waals surface area (Å²) in [4.78, 5) is 36.4. The Kier molecular flexibility index (Phi) is 8.38. The van der Waals surface area contributed by atoms with Crippen LogP contribution in [0.3, 0.4) is 0 Å². The van der Waals surface area contributed by atoms with Gasteiger partial charge in [-0.3, -0.25) is 0 Å². The lowest BCUT2D eigenvalue weighted by Gasteiger charge is -2.24. The van der Waals surface area contributed by atoms with Crippen LogP contribution in [0.2, 0.25) is 0 Å². The van der Waals surface area contributed by atoms with Crippen molar-refractivity contribution in [3.63, 3.8) is 0 Å². The largest absolute Gasteiger partial charge is 0.494 e. The van der Waals surface area contributed by atoms with Gasteiger partial charge in [0.25, 0.3) is 0 Å². The number of carbonyl (C=O) groups is 3. The van der Waals surface area contributed by atoms with E-state index in [1.54, 1.807) is 0 Å². The molecule has 1 aromatic heterocycles. The third kappa shape index (κ3) is 6.22. The molecule has 40 heavy (non-hydrogen) atoms. The van der Waals surface area contributed by atoms with Crippen molar-refractivity contribution in [1.82, 2.24) is 0 Å². The zero-order chi connectivity index (χ0) is 29.1. The van der Waals surface area contributed by atoms with Crippen LogP contribution in [-0.2, 0) is 6.54 Å². The molecule has 1 aliphatic rings. The van der Waals surface area contributed by atoms with Crippen molar-refractivity contribution in [2.24, 2.45) is 5.92 Å². The van der Waals surface area contributed by atoms with E-state index in [9.17, 15) is 37.8 Å². The lowest BCUT2D eigenvalue weighted by molar-refractivity contribution is 0.0657. The maximum atomic E-state index is 14.8. The second kappa shape index (κ2) is 11.7. The normalized spacial score (nSPS) is 12.5. The molecule has 1 fully saturated rings. The number of halogens is 3. The first kappa shape index (κ1) is 28.5. The van der Waals surface area contributed by atoms with E-state index in [2.05, 4.69) is 10.6 Å². The molecule has 0 saturated heterocycles. The van der Waals surface area contributed by atoms with E-state index in [4.69, 9.17) is 9.47 Å². The number of thiophene rings is 1. The van der Waals surface area contributed by atoms with Gasteiger partial charge in [0, 0.05) is 25.0 Å². The van der Waals surface area contributed by atoms with Crippen LogP contribution in [-0.4, -0.2) is 48.9 Å². The maximum Gasteiger partial charge on any atom is 0.346 e. The number of benzene rings is 2. The number of methoxy groups -OCH3 is 1. The van der Waals surface area contributed by atoms with Gasteiger partial charge in [0.2, 0.25) is 0 Å². The van der Waals surface area contributed by atoms with Gasteiger partial charge in [-0.15, -0.1) is 11.3 Å². The van der Waals surface area contributed by atoms with E-state index in [-0.39, 0.29) is 40.7 Å². The number of ether oxygens (including phenoxy) is 2. The van der Waals surface area contributed by atoms with Gasteiger partial charge >= 0.3 is 18.0 Å². The van der Waals surface area contributed by atoms with Gasteiger partial charge in [-0.1, -0.05) is 0 Å². The van der Waals surface area contributed by atoms with Crippen molar-refractivity contribution >= 4 is 46.4 Å². The summed E-state index contributed by atoms with van der Waals surface area (Å²) >= 11 is 0.600. The van der Waals surface area contributed by atoms with Gasteiger partial charge in [0.15, 0.2) is 17.5 Å². The Bertz CT molecular complexity index is 1480. The number of hydrogen-bond donors (Lipinski definition) is 4. The number of urea groups is 1. The third-order valence-corrected chi connectivity index (χ3v) is 7.06. The third-order valence-electron chi connectivity index (χ3n) is 6.10. The minimum atomic E-state index is -1.57. The van der Waals surface area contributed by atoms with E-state index in [0.717, 1.165) is 30.4 Å². The molecule has 1 aliphatic carbocycles. The minimum absolute atomic E-state index is 0.0281. The zero-order valence-corrected chi connectivity index (χ0v) is 22.0. The average molecular weight is 580 g/mol. The SMILES string of the molecule is COc1cc(F)c(NC(=O)Nc2csc(C(=O)O)c2C(=O)O)cc1N(C)Cc1c(OCC2CC2)ccc(F)c1F. The number of carboxylic acid groups (broad SMARTS) is 2. The Hall–Kier alpha value is -4.46. The van der Waals surface area contributed by atoms with E-state index >= 15 is 0 Å². The second-order valence-electron chi connectivity index (χ2n) is 9.00. The highest BCUT2D eigenvalue weighted by molar-refractivity contribution is 7.13. The van der Waals surface area contributed by atoms with Crippen molar-refractivity contribution < 1.29 is 47.2 Å². The van der Waals surface area contributed by atoms with Crippen molar-refractivity contribution in [3.8, 4) is 11.5 Å². The summed E-state index contributed by atoms with van der Waals surface area (Å²) in [7, 11) is 2.80. The number of carboxylic acids is 2. The number of nitrogens with one attached hydrogen (secondary N) is 2. The predicted molar refractivity (Wildman–Crippen MR) is 141 cm³/mol. The summed E-state index contributed by atoms with van der Waals surface area (Å²) in [5.74, 6) is -5.56. The molecular formula is C26H24F3N3O7S. The van der Waals surface area contributed by atoms with E-state index < -0.39 is 45.9 Å². The second-order valence-corrected chi connectivity index (χ2v) is 9.87. The van der Waals surface area contributed by atoms with Crippen molar-refractivity contribution in [2.45, 2.75) is 19.4 Å². The molecule has 4 N–H and O–H groups in total. The van der Waals surface area contributed by atoms with E-state index in [1.807, 2.05) is 0 Å². The highest BCUT2D eigenvalue weighted by atomic mass is 32.1. The zero-order valence-electron chi connectivity index (χ0n) is 21.2. The van der Waals surface area contributed by atoms with Crippen LogP contribution in [0.25, 0.3) is 0 Å². The Morgan fingerprint density at radius 1 is 1.02 bits per heavy atom. The standard InChI is InChI=1S/C26H24F3N3O7S/c1-32(9-13-19(39-10-12-3-4-12)6-5-14(27)22(13)29)18-8-16(15(28)7-20(18)38-2)30-26(37)31-17-11-40-23(25(35)36)21(17)24(33)34/h5-8,11-12H,3-4,9-10H2,1-2H3,(H,33,34)(H,35,36)(H2,30,31,37). The number of rotatable bonds is 11.